The molecule has 0 bridgehead atoms. The molecule has 9 atom stereocenters. The number of carbonyl (C=O) groups is 2. The Kier molecular flexibility index (Phi) is 7.03. The second-order valence-electron chi connectivity index (χ2n) is 16.2. The van der Waals surface area contributed by atoms with Crippen LogP contribution in [0, 0.1) is 50.2 Å². The number of alkyl halides is 3. The van der Waals surface area contributed by atoms with Crippen molar-refractivity contribution in [3.63, 3.8) is 0 Å². The van der Waals surface area contributed by atoms with Crippen LogP contribution in [0.5, 0.6) is 0 Å². The number of hydroxylamine groups is 2. The molecule has 0 radical (unpaired) electrons. The van der Waals surface area contributed by atoms with E-state index in [4.69, 9.17) is 0 Å². The van der Waals surface area contributed by atoms with Gasteiger partial charge in [-0.3, -0.25) is 9.59 Å². The topological polar surface area (TPSA) is 66.8 Å². The molecule has 0 aromatic carbocycles. The Morgan fingerprint density at radius 1 is 1.00 bits per heavy atom. The van der Waals surface area contributed by atoms with Gasteiger partial charge in [0.2, 0.25) is 0 Å². The molecular formula is C33H50F3NO4. The summed E-state index contributed by atoms with van der Waals surface area (Å²) in [6, 6.07) is 0. The highest BCUT2D eigenvalue weighted by Crippen LogP contribution is 2.75. The highest BCUT2D eigenvalue weighted by molar-refractivity contribution is 5.95. The van der Waals surface area contributed by atoms with E-state index in [-0.39, 0.29) is 63.3 Å². The number of rotatable bonds is 3. The van der Waals surface area contributed by atoms with Gasteiger partial charge in [0.05, 0.1) is 6.10 Å². The molecule has 4 fully saturated rings. The number of hydrogen-bond donors (Lipinski definition) is 1. The van der Waals surface area contributed by atoms with E-state index in [2.05, 4.69) is 46.4 Å². The smallest absolute Gasteiger partial charge is 0.393 e. The fourth-order valence-electron chi connectivity index (χ4n) is 11.0. The van der Waals surface area contributed by atoms with E-state index in [1.165, 1.54) is 6.92 Å². The van der Waals surface area contributed by atoms with Crippen molar-refractivity contribution in [2.45, 2.75) is 126 Å². The summed E-state index contributed by atoms with van der Waals surface area (Å²) >= 11 is 0. The van der Waals surface area contributed by atoms with Crippen molar-refractivity contribution >= 4 is 11.7 Å². The summed E-state index contributed by atoms with van der Waals surface area (Å²) < 4.78 is 39.4. The fraction of sp³-hybridized carbons (Fsp3) is 0.879. The first kappa shape index (κ1) is 31.0. The van der Waals surface area contributed by atoms with E-state index in [0.717, 1.165) is 44.1 Å². The van der Waals surface area contributed by atoms with E-state index >= 15 is 0 Å². The third kappa shape index (κ3) is 4.30. The van der Waals surface area contributed by atoms with Crippen molar-refractivity contribution in [3.8, 4) is 0 Å². The van der Waals surface area contributed by atoms with Crippen LogP contribution >= 0.6 is 0 Å². The summed E-state index contributed by atoms with van der Waals surface area (Å²) in [7, 11) is 0. The van der Waals surface area contributed by atoms with Gasteiger partial charge in [-0.25, -0.2) is 5.06 Å². The zero-order valence-electron chi connectivity index (χ0n) is 26.2. The van der Waals surface area contributed by atoms with Crippen LogP contribution in [0.25, 0.3) is 0 Å². The number of halogens is 3. The molecule has 5 rings (SSSR count). The largest absolute Gasteiger partial charge is 0.544 e. The molecule has 1 N–H and O–H groups in total. The first-order valence-corrected chi connectivity index (χ1v) is 15.7. The van der Waals surface area contributed by atoms with E-state index in [1.807, 2.05) is 6.08 Å². The Hall–Kier alpha value is -1.41. The second-order valence-corrected chi connectivity index (χ2v) is 16.2. The van der Waals surface area contributed by atoms with E-state index < -0.39 is 17.7 Å². The summed E-state index contributed by atoms with van der Waals surface area (Å²) in [4.78, 5) is 32.1. The maximum absolute atomic E-state index is 14.4. The van der Waals surface area contributed by atoms with Gasteiger partial charge in [-0.2, -0.15) is 4.84 Å². The van der Waals surface area contributed by atoms with Gasteiger partial charge in [0.1, 0.15) is 0 Å². The van der Waals surface area contributed by atoms with Gasteiger partial charge in [0.25, 0.3) is 5.91 Å². The zero-order valence-corrected chi connectivity index (χ0v) is 26.2. The molecule has 0 aromatic heterocycles. The highest BCUT2D eigenvalue weighted by Gasteiger charge is 2.70. The quantitative estimate of drug-likeness (QED) is 0.348. The number of nitrogens with zero attached hydrogens (tertiary/aromatic N) is 1. The first-order valence-electron chi connectivity index (χ1n) is 15.7. The number of carbonyl (C=O) groups excluding carboxylic acids is 2. The molecule has 0 saturated heterocycles. The van der Waals surface area contributed by atoms with E-state index in [9.17, 15) is 27.9 Å². The van der Waals surface area contributed by atoms with Gasteiger partial charge in [0, 0.05) is 17.9 Å². The average molecular weight is 582 g/mol. The van der Waals surface area contributed by atoms with Crippen molar-refractivity contribution in [1.82, 2.24) is 5.06 Å². The number of aliphatic hydroxyl groups excluding tert-OH is 1. The highest BCUT2D eigenvalue weighted by atomic mass is 19.4. The Labute approximate surface area is 243 Å². The van der Waals surface area contributed by atoms with Crippen LogP contribution in [0.15, 0.2) is 11.6 Å². The summed E-state index contributed by atoms with van der Waals surface area (Å²) in [6.45, 7) is 16.6. The third-order valence-corrected chi connectivity index (χ3v) is 13.8. The number of ketones is 1. The van der Waals surface area contributed by atoms with Crippen molar-refractivity contribution in [1.29, 1.82) is 0 Å². The van der Waals surface area contributed by atoms with Gasteiger partial charge in [-0.05, 0) is 110 Å². The van der Waals surface area contributed by atoms with Gasteiger partial charge in [-0.1, -0.05) is 54.0 Å². The Balaban J connectivity index is 1.54. The molecule has 5 aliphatic carbocycles. The Bertz CT molecular complexity index is 1150. The van der Waals surface area contributed by atoms with Crippen LogP contribution < -0.4 is 0 Å². The lowest BCUT2D eigenvalue weighted by Gasteiger charge is -2.70. The van der Waals surface area contributed by atoms with E-state index in [0.29, 0.717) is 24.3 Å². The molecule has 232 valence electrons. The molecule has 5 aliphatic rings. The minimum Gasteiger partial charge on any atom is -0.393 e. The molecule has 0 heterocycles. The minimum absolute atomic E-state index is 0.0644. The molecule has 0 aromatic rings. The summed E-state index contributed by atoms with van der Waals surface area (Å²) in [6.07, 6.45) is 3.54. The third-order valence-electron chi connectivity index (χ3n) is 13.8. The zero-order chi connectivity index (χ0) is 30.6. The van der Waals surface area contributed by atoms with Crippen LogP contribution in [0.4, 0.5) is 13.2 Å². The van der Waals surface area contributed by atoms with Crippen LogP contribution in [0.2, 0.25) is 0 Å². The van der Waals surface area contributed by atoms with Crippen LogP contribution in [0.3, 0.4) is 0 Å². The minimum atomic E-state index is -4.94. The van der Waals surface area contributed by atoms with Crippen LogP contribution in [-0.2, 0) is 14.4 Å². The van der Waals surface area contributed by atoms with Crippen molar-refractivity contribution < 1.29 is 32.7 Å². The van der Waals surface area contributed by atoms with Crippen molar-refractivity contribution in [3.05, 3.63) is 11.6 Å². The summed E-state index contributed by atoms with van der Waals surface area (Å²) in [5, 5.41) is 11.4. The van der Waals surface area contributed by atoms with Crippen molar-refractivity contribution in [2.24, 2.45) is 50.2 Å². The predicted molar refractivity (Wildman–Crippen MR) is 150 cm³/mol. The van der Waals surface area contributed by atoms with E-state index in [1.54, 1.807) is 6.92 Å². The lowest BCUT2D eigenvalue weighted by molar-refractivity contribution is -0.403. The van der Waals surface area contributed by atoms with Gasteiger partial charge >= 0.3 is 6.36 Å². The lowest BCUT2D eigenvalue weighted by Crippen LogP contribution is -2.66. The molecule has 0 spiro atoms. The SMILES string of the molecule is CCN(OC(F)(F)F)C(=O)[C@@]1(C)CC[C@]2(C)CC[C@]3(C)C(=CC(=O)[C@@H]4[C@@]5(C)CC[C@H](O)C(C)(C)C5CC[C@]43C)[C@@H]2C1. The molecule has 0 aliphatic heterocycles. The maximum atomic E-state index is 14.4. The number of aliphatic hydroxyl groups is 1. The maximum Gasteiger partial charge on any atom is 0.544 e. The average Bonchev–Trinajstić information content (AvgIpc) is 2.86. The molecule has 41 heavy (non-hydrogen) atoms. The summed E-state index contributed by atoms with van der Waals surface area (Å²) in [5.74, 6) is -0.429. The Morgan fingerprint density at radius 3 is 2.24 bits per heavy atom. The lowest BCUT2D eigenvalue weighted by atomic mass is 9.33. The number of amides is 1. The molecule has 1 unspecified atom stereocenters. The van der Waals surface area contributed by atoms with Crippen molar-refractivity contribution in [2.75, 3.05) is 6.54 Å². The first-order chi connectivity index (χ1) is 18.7. The fourth-order valence-corrected chi connectivity index (χ4v) is 11.0. The van der Waals surface area contributed by atoms with Crippen LogP contribution in [0.1, 0.15) is 113 Å². The number of allylic oxidation sites excluding steroid dienone is 2. The van der Waals surface area contributed by atoms with Gasteiger partial charge in [-0.15, -0.1) is 13.2 Å². The number of fused-ring (bicyclic) bond motifs is 7. The van der Waals surface area contributed by atoms with Gasteiger partial charge in [0.15, 0.2) is 5.78 Å². The normalized spacial score (nSPS) is 47.3. The Morgan fingerprint density at radius 2 is 1.63 bits per heavy atom. The molecule has 8 heteroatoms. The standard InChI is InChI=1S/C33H50F3NO4/c1-9-37(41-33(34,35)36)26(40)29(5)15-14-28(4)16-17-31(7)20(21(28)19-29)18-22(38)25-30(6)12-11-24(39)27(2,3)23(30)10-13-32(25,31)8/h18,21,23-25,39H,9-17,19H2,1-8H3/t21-,23?,24-,25+,28+,29-,30-,31+,32+/m0/s1. The molecule has 1 amide bonds. The van der Waals surface area contributed by atoms with Gasteiger partial charge < -0.3 is 5.11 Å². The molecular weight excluding hydrogens is 531 g/mol. The predicted octanol–water partition coefficient (Wildman–Crippen LogP) is 7.63. The summed E-state index contributed by atoms with van der Waals surface area (Å²) in [5.41, 5.74) is -1.02. The second kappa shape index (κ2) is 9.30. The molecule has 5 nitrogen and oxygen atoms in total. The molecule has 4 saturated carbocycles. The monoisotopic (exact) mass is 581 g/mol. The number of hydrogen-bond acceptors (Lipinski definition) is 4. The van der Waals surface area contributed by atoms with Crippen LogP contribution in [-0.4, -0.2) is 40.9 Å².